The van der Waals surface area contributed by atoms with Gasteiger partial charge in [-0.15, -0.1) is 0 Å². The van der Waals surface area contributed by atoms with Crippen LogP contribution in [0.25, 0.3) is 11.1 Å². The zero-order valence-corrected chi connectivity index (χ0v) is 10.9. The Morgan fingerprint density at radius 1 is 1.22 bits per heavy atom. The molecule has 1 aliphatic heterocycles. The molecule has 3 nitrogen and oxygen atoms in total. The number of nitrogens with one attached hydrogen (secondary N) is 1. The van der Waals surface area contributed by atoms with Crippen LogP contribution in [-0.2, 0) is 0 Å². The van der Waals surface area contributed by atoms with Gasteiger partial charge in [-0.3, -0.25) is 0 Å². The molecule has 0 bridgehead atoms. The molecule has 1 aromatic heterocycles. The molecule has 3 rings (SSSR count). The molecule has 0 radical (unpaired) electrons. The molecule has 96 valence electrons. The molecule has 18 heavy (non-hydrogen) atoms. The molecule has 1 aromatic carbocycles. The van der Waals surface area contributed by atoms with Crippen molar-refractivity contribution in [3.05, 3.63) is 29.7 Å². The average Bonchev–Trinajstić information content (AvgIpc) is 2.73. The molecule has 1 saturated heterocycles. The molecule has 0 aliphatic carbocycles. The largest absolute Gasteiger partial charge is 0.439 e. The molecule has 0 amide bonds. The van der Waals surface area contributed by atoms with Gasteiger partial charge in [0.15, 0.2) is 5.58 Å². The maximum atomic E-state index is 5.96. The monoisotopic (exact) mass is 244 g/mol. The zero-order chi connectivity index (χ0) is 12.4. The van der Waals surface area contributed by atoms with Crippen molar-refractivity contribution < 1.29 is 4.42 Å². The van der Waals surface area contributed by atoms with Crippen molar-refractivity contribution in [3.8, 4) is 0 Å². The summed E-state index contributed by atoms with van der Waals surface area (Å²) in [6, 6.07) is 6.42. The summed E-state index contributed by atoms with van der Waals surface area (Å²) >= 11 is 0. The van der Waals surface area contributed by atoms with Gasteiger partial charge in [-0.05, 0) is 37.9 Å². The van der Waals surface area contributed by atoms with Gasteiger partial charge >= 0.3 is 0 Å². The highest BCUT2D eigenvalue weighted by atomic mass is 16.3. The van der Waals surface area contributed by atoms with Crippen LogP contribution in [0.5, 0.6) is 0 Å². The van der Waals surface area contributed by atoms with Crippen LogP contribution in [-0.4, -0.2) is 11.5 Å². The lowest BCUT2D eigenvalue weighted by molar-refractivity contribution is 0.362. The van der Waals surface area contributed by atoms with Crippen LogP contribution in [0.2, 0.25) is 0 Å². The van der Waals surface area contributed by atoms with E-state index in [0.717, 1.165) is 35.5 Å². The van der Waals surface area contributed by atoms with Gasteiger partial charge in [0.05, 0.1) is 6.04 Å². The number of fused-ring (bicyclic) bond motifs is 1. The maximum Gasteiger partial charge on any atom is 0.212 e. The Hall–Kier alpha value is -1.35. The van der Waals surface area contributed by atoms with Crippen molar-refractivity contribution >= 4 is 11.1 Å². The Balaban J connectivity index is 1.90. The van der Waals surface area contributed by atoms with Gasteiger partial charge in [-0.1, -0.05) is 31.4 Å². The summed E-state index contributed by atoms with van der Waals surface area (Å²) in [5.74, 6) is 0.862. The maximum absolute atomic E-state index is 5.96. The second-order valence-electron chi connectivity index (χ2n) is 5.18. The van der Waals surface area contributed by atoms with Gasteiger partial charge in [0.25, 0.3) is 0 Å². The normalized spacial score (nSPS) is 21.7. The van der Waals surface area contributed by atoms with Gasteiger partial charge in [0, 0.05) is 0 Å². The summed E-state index contributed by atoms with van der Waals surface area (Å²) in [6.45, 7) is 3.14. The summed E-state index contributed by atoms with van der Waals surface area (Å²) in [5, 5.41) is 3.56. The first-order valence-electron chi connectivity index (χ1n) is 6.94. The summed E-state index contributed by atoms with van der Waals surface area (Å²) in [6.07, 6.45) is 6.32. The quantitative estimate of drug-likeness (QED) is 0.830. The first kappa shape index (κ1) is 11.7. The third-order valence-electron chi connectivity index (χ3n) is 3.74. The Kier molecular flexibility index (Phi) is 3.33. The Morgan fingerprint density at radius 3 is 3.00 bits per heavy atom. The predicted octanol–water partition coefficient (Wildman–Crippen LogP) is 3.73. The average molecular weight is 244 g/mol. The number of oxazole rings is 1. The van der Waals surface area contributed by atoms with Gasteiger partial charge in [0.1, 0.15) is 5.52 Å². The summed E-state index contributed by atoms with van der Waals surface area (Å²) in [4.78, 5) is 4.64. The number of benzene rings is 1. The van der Waals surface area contributed by atoms with Crippen molar-refractivity contribution in [1.29, 1.82) is 0 Å². The topological polar surface area (TPSA) is 38.1 Å². The van der Waals surface area contributed by atoms with Gasteiger partial charge in [-0.2, -0.15) is 0 Å². The van der Waals surface area contributed by atoms with E-state index in [-0.39, 0.29) is 6.04 Å². The third kappa shape index (κ3) is 2.27. The fraction of sp³-hybridized carbons (Fsp3) is 0.533. The number of aromatic nitrogens is 1. The molecule has 0 spiro atoms. The third-order valence-corrected chi connectivity index (χ3v) is 3.74. The molecule has 1 N–H and O–H groups in total. The predicted molar refractivity (Wildman–Crippen MR) is 72.6 cm³/mol. The smallest absolute Gasteiger partial charge is 0.212 e. The van der Waals surface area contributed by atoms with Crippen molar-refractivity contribution in [3.63, 3.8) is 0 Å². The molecular weight excluding hydrogens is 224 g/mol. The molecule has 1 unspecified atom stereocenters. The Bertz CT molecular complexity index is 524. The van der Waals surface area contributed by atoms with E-state index in [1.54, 1.807) is 0 Å². The van der Waals surface area contributed by atoms with E-state index in [1.807, 2.05) is 12.1 Å². The van der Waals surface area contributed by atoms with Crippen LogP contribution < -0.4 is 5.32 Å². The first-order chi connectivity index (χ1) is 8.84. The first-order valence-corrected chi connectivity index (χ1v) is 6.94. The van der Waals surface area contributed by atoms with E-state index in [0.29, 0.717) is 0 Å². The second kappa shape index (κ2) is 5.11. The molecule has 1 aliphatic rings. The highest BCUT2D eigenvalue weighted by Gasteiger charge is 2.19. The number of para-hydroxylation sites is 1. The highest BCUT2D eigenvalue weighted by molar-refractivity contribution is 5.76. The van der Waals surface area contributed by atoms with Crippen LogP contribution in [0.3, 0.4) is 0 Å². The minimum Gasteiger partial charge on any atom is -0.439 e. The van der Waals surface area contributed by atoms with Crippen LogP contribution in [0.1, 0.15) is 49.6 Å². The van der Waals surface area contributed by atoms with Crippen LogP contribution in [0.15, 0.2) is 22.6 Å². The highest BCUT2D eigenvalue weighted by Crippen LogP contribution is 2.26. The molecule has 2 heterocycles. The molecule has 1 atom stereocenters. The molecule has 3 heteroatoms. The fourth-order valence-corrected chi connectivity index (χ4v) is 2.67. The molecule has 0 saturated carbocycles. The summed E-state index contributed by atoms with van der Waals surface area (Å²) < 4.78 is 5.96. The van der Waals surface area contributed by atoms with Gasteiger partial charge in [0.2, 0.25) is 5.89 Å². The number of hydrogen-bond acceptors (Lipinski definition) is 3. The van der Waals surface area contributed by atoms with E-state index in [2.05, 4.69) is 23.3 Å². The van der Waals surface area contributed by atoms with Crippen molar-refractivity contribution in [2.45, 2.75) is 45.1 Å². The number of aryl methyl sites for hydroxylation is 1. The summed E-state index contributed by atoms with van der Waals surface area (Å²) in [5.41, 5.74) is 3.09. The zero-order valence-electron chi connectivity index (χ0n) is 10.9. The minimum absolute atomic E-state index is 0.289. The minimum atomic E-state index is 0.289. The van der Waals surface area contributed by atoms with Gasteiger partial charge < -0.3 is 9.73 Å². The van der Waals surface area contributed by atoms with E-state index < -0.39 is 0 Å². The molecular formula is C15H20N2O. The SMILES string of the molecule is Cc1cccc2nc(C3CCCCCCN3)oc12. The van der Waals surface area contributed by atoms with Crippen LogP contribution in [0, 0.1) is 6.92 Å². The lowest BCUT2D eigenvalue weighted by Crippen LogP contribution is -2.24. The van der Waals surface area contributed by atoms with Crippen molar-refractivity contribution in [1.82, 2.24) is 10.3 Å². The molecule has 1 fully saturated rings. The standard InChI is InChI=1S/C15H20N2O/c1-11-7-6-9-12-14(11)18-15(17-12)13-8-4-2-3-5-10-16-13/h6-7,9,13,16H,2-5,8,10H2,1H3. The van der Waals surface area contributed by atoms with E-state index >= 15 is 0 Å². The van der Waals surface area contributed by atoms with Crippen molar-refractivity contribution in [2.75, 3.05) is 6.54 Å². The summed E-state index contributed by atoms with van der Waals surface area (Å²) in [7, 11) is 0. The fourth-order valence-electron chi connectivity index (χ4n) is 2.67. The number of hydrogen-bond donors (Lipinski definition) is 1. The number of nitrogens with zero attached hydrogens (tertiary/aromatic N) is 1. The van der Waals surface area contributed by atoms with E-state index in [1.165, 1.54) is 25.7 Å². The van der Waals surface area contributed by atoms with Gasteiger partial charge in [-0.25, -0.2) is 4.98 Å². The second-order valence-corrected chi connectivity index (χ2v) is 5.18. The Labute approximate surface area is 108 Å². The lowest BCUT2D eigenvalue weighted by Gasteiger charge is -2.18. The Morgan fingerprint density at radius 2 is 2.11 bits per heavy atom. The number of rotatable bonds is 1. The van der Waals surface area contributed by atoms with Crippen LogP contribution >= 0.6 is 0 Å². The lowest BCUT2D eigenvalue weighted by atomic mass is 10.0. The molecule has 2 aromatic rings. The van der Waals surface area contributed by atoms with E-state index in [9.17, 15) is 0 Å². The van der Waals surface area contributed by atoms with Crippen molar-refractivity contribution in [2.24, 2.45) is 0 Å². The van der Waals surface area contributed by atoms with E-state index in [4.69, 9.17) is 4.42 Å². The van der Waals surface area contributed by atoms with Crippen LogP contribution in [0.4, 0.5) is 0 Å².